The molecule has 1 aromatic carbocycles. The minimum absolute atomic E-state index is 0.0203. The van der Waals surface area contributed by atoms with Gasteiger partial charge in [0.05, 0.1) is 11.1 Å². The van der Waals surface area contributed by atoms with Crippen molar-refractivity contribution in [2.75, 3.05) is 53.4 Å². The molecule has 1 saturated heterocycles. The van der Waals surface area contributed by atoms with E-state index in [4.69, 9.17) is 0 Å². The molecule has 134 valence electrons. The second kappa shape index (κ2) is 7.89. The first kappa shape index (κ1) is 17.8. The van der Waals surface area contributed by atoms with Crippen molar-refractivity contribution in [3.8, 4) is 0 Å². The van der Waals surface area contributed by atoms with Gasteiger partial charge in [0.15, 0.2) is 0 Å². The minimum atomic E-state index is -0.315. The Hall–Kier alpha value is -2.05. The highest BCUT2D eigenvalue weighted by Crippen LogP contribution is 2.17. The number of carbonyl (C=O) groups is 1. The van der Waals surface area contributed by atoms with E-state index in [-0.39, 0.29) is 11.7 Å². The van der Waals surface area contributed by atoms with Gasteiger partial charge in [-0.15, -0.1) is 0 Å². The number of pyridine rings is 1. The zero-order chi connectivity index (χ0) is 17.8. The summed E-state index contributed by atoms with van der Waals surface area (Å²) in [6.07, 6.45) is 2.56. The molecule has 5 nitrogen and oxygen atoms in total. The van der Waals surface area contributed by atoms with Gasteiger partial charge in [-0.2, -0.15) is 0 Å². The molecular weight excluding hydrogens is 319 g/mol. The van der Waals surface area contributed by atoms with Gasteiger partial charge in [0, 0.05) is 44.3 Å². The third-order valence-electron chi connectivity index (χ3n) is 4.63. The van der Waals surface area contributed by atoms with Crippen LogP contribution >= 0.6 is 0 Å². The largest absolute Gasteiger partial charge is 0.337 e. The summed E-state index contributed by atoms with van der Waals surface area (Å²) in [5.74, 6) is -0.335. The van der Waals surface area contributed by atoms with Crippen molar-refractivity contribution in [2.24, 2.45) is 0 Å². The van der Waals surface area contributed by atoms with Crippen molar-refractivity contribution >= 4 is 16.8 Å². The van der Waals surface area contributed by atoms with Crippen molar-refractivity contribution < 1.29 is 9.18 Å². The number of nitrogens with zero attached hydrogens (tertiary/aromatic N) is 4. The van der Waals surface area contributed by atoms with Gasteiger partial charge in [0.2, 0.25) is 0 Å². The molecule has 0 radical (unpaired) electrons. The Balaban J connectivity index is 1.68. The SMILES string of the molecule is CN(C)CCN1CCCN(C(=O)c2cnc3ccc(F)cc3c2)CC1. The molecule has 0 N–H and O–H groups in total. The lowest BCUT2D eigenvalue weighted by atomic mass is 10.1. The lowest BCUT2D eigenvalue weighted by Gasteiger charge is -2.23. The first-order chi connectivity index (χ1) is 12.0. The van der Waals surface area contributed by atoms with Crippen LogP contribution in [0.4, 0.5) is 4.39 Å². The summed E-state index contributed by atoms with van der Waals surface area (Å²) in [5, 5.41) is 0.660. The van der Waals surface area contributed by atoms with Crippen LogP contribution in [0, 0.1) is 5.82 Å². The molecule has 1 amide bonds. The van der Waals surface area contributed by atoms with Crippen LogP contribution in [0.2, 0.25) is 0 Å². The summed E-state index contributed by atoms with van der Waals surface area (Å²) < 4.78 is 13.4. The Kier molecular flexibility index (Phi) is 5.60. The summed E-state index contributed by atoms with van der Waals surface area (Å²) in [6.45, 7) is 5.40. The van der Waals surface area contributed by atoms with Crippen molar-refractivity contribution in [2.45, 2.75) is 6.42 Å². The second-order valence-electron chi connectivity index (χ2n) is 6.85. The lowest BCUT2D eigenvalue weighted by Crippen LogP contribution is -2.37. The Labute approximate surface area is 148 Å². The van der Waals surface area contributed by atoms with Crippen molar-refractivity contribution in [1.29, 1.82) is 0 Å². The fraction of sp³-hybridized carbons (Fsp3) is 0.474. The monoisotopic (exact) mass is 344 g/mol. The van der Waals surface area contributed by atoms with Gasteiger partial charge in [-0.05, 0) is 51.3 Å². The number of rotatable bonds is 4. The summed E-state index contributed by atoms with van der Waals surface area (Å²) in [6, 6.07) is 6.18. The maximum absolute atomic E-state index is 13.4. The van der Waals surface area contributed by atoms with Crippen LogP contribution in [-0.2, 0) is 0 Å². The standard InChI is InChI=1S/C19H25FN4O/c1-22(2)8-9-23-6-3-7-24(11-10-23)19(25)16-12-15-13-17(20)4-5-18(15)21-14-16/h4-5,12-14H,3,6-11H2,1-2H3. The number of hydrogen-bond donors (Lipinski definition) is 0. The van der Waals surface area contributed by atoms with E-state index in [0.29, 0.717) is 23.0 Å². The van der Waals surface area contributed by atoms with Gasteiger partial charge in [0.25, 0.3) is 5.91 Å². The van der Waals surface area contributed by atoms with Crippen LogP contribution in [0.3, 0.4) is 0 Å². The molecular formula is C19H25FN4O. The maximum Gasteiger partial charge on any atom is 0.255 e. The van der Waals surface area contributed by atoms with Crippen LogP contribution in [0.5, 0.6) is 0 Å². The number of hydrogen-bond acceptors (Lipinski definition) is 4. The van der Waals surface area contributed by atoms with E-state index in [0.717, 1.165) is 39.1 Å². The van der Waals surface area contributed by atoms with E-state index in [1.54, 1.807) is 18.3 Å². The number of fused-ring (bicyclic) bond motifs is 1. The van der Waals surface area contributed by atoms with Crippen molar-refractivity contribution in [3.05, 3.63) is 41.8 Å². The highest BCUT2D eigenvalue weighted by molar-refractivity contribution is 5.97. The van der Waals surface area contributed by atoms with E-state index in [1.807, 2.05) is 4.90 Å². The summed E-state index contributed by atoms with van der Waals surface area (Å²) in [4.78, 5) is 23.6. The van der Waals surface area contributed by atoms with E-state index < -0.39 is 0 Å². The van der Waals surface area contributed by atoms with Gasteiger partial charge in [-0.25, -0.2) is 4.39 Å². The topological polar surface area (TPSA) is 39.7 Å². The number of likely N-dealkylation sites (N-methyl/N-ethyl adjacent to an activating group) is 1. The molecule has 1 aliphatic rings. The van der Waals surface area contributed by atoms with E-state index >= 15 is 0 Å². The van der Waals surface area contributed by atoms with Gasteiger partial charge in [0.1, 0.15) is 5.82 Å². The summed E-state index contributed by atoms with van der Waals surface area (Å²) >= 11 is 0. The summed E-state index contributed by atoms with van der Waals surface area (Å²) in [5.41, 5.74) is 1.23. The zero-order valence-corrected chi connectivity index (χ0v) is 14.9. The molecule has 1 aromatic heterocycles. The van der Waals surface area contributed by atoms with E-state index in [9.17, 15) is 9.18 Å². The molecule has 2 aromatic rings. The van der Waals surface area contributed by atoms with Gasteiger partial charge >= 0.3 is 0 Å². The molecule has 0 spiro atoms. The first-order valence-corrected chi connectivity index (χ1v) is 8.74. The molecule has 0 atom stereocenters. The van der Waals surface area contributed by atoms with E-state index in [1.165, 1.54) is 12.1 Å². The molecule has 2 heterocycles. The number of amides is 1. The highest BCUT2D eigenvalue weighted by atomic mass is 19.1. The Morgan fingerprint density at radius 2 is 2.04 bits per heavy atom. The summed E-state index contributed by atoms with van der Waals surface area (Å²) in [7, 11) is 4.15. The normalized spacial score (nSPS) is 16.4. The minimum Gasteiger partial charge on any atom is -0.337 e. The number of aromatic nitrogens is 1. The van der Waals surface area contributed by atoms with Crippen LogP contribution in [0.15, 0.2) is 30.5 Å². The van der Waals surface area contributed by atoms with E-state index in [2.05, 4.69) is 28.9 Å². The van der Waals surface area contributed by atoms with Crippen molar-refractivity contribution in [3.63, 3.8) is 0 Å². The van der Waals surface area contributed by atoms with Gasteiger partial charge < -0.3 is 14.7 Å². The predicted molar refractivity (Wildman–Crippen MR) is 97.2 cm³/mol. The Morgan fingerprint density at radius 3 is 2.84 bits per heavy atom. The molecule has 0 saturated carbocycles. The van der Waals surface area contributed by atoms with Gasteiger partial charge in [-0.1, -0.05) is 0 Å². The molecule has 0 aliphatic carbocycles. The van der Waals surface area contributed by atoms with Gasteiger partial charge in [-0.3, -0.25) is 9.78 Å². The number of benzene rings is 1. The fourth-order valence-electron chi connectivity index (χ4n) is 3.14. The molecule has 25 heavy (non-hydrogen) atoms. The number of halogens is 1. The van der Waals surface area contributed by atoms with Crippen LogP contribution in [-0.4, -0.2) is 79.0 Å². The van der Waals surface area contributed by atoms with Crippen LogP contribution in [0.1, 0.15) is 16.8 Å². The van der Waals surface area contributed by atoms with Crippen LogP contribution in [0.25, 0.3) is 10.9 Å². The Morgan fingerprint density at radius 1 is 1.20 bits per heavy atom. The molecule has 3 rings (SSSR count). The smallest absolute Gasteiger partial charge is 0.255 e. The fourth-order valence-corrected chi connectivity index (χ4v) is 3.14. The molecule has 1 fully saturated rings. The predicted octanol–water partition coefficient (Wildman–Crippen LogP) is 2.08. The molecule has 0 unspecified atom stereocenters. The zero-order valence-electron chi connectivity index (χ0n) is 14.9. The van der Waals surface area contributed by atoms with Crippen LogP contribution < -0.4 is 0 Å². The molecule has 0 bridgehead atoms. The quantitative estimate of drug-likeness (QED) is 0.851. The highest BCUT2D eigenvalue weighted by Gasteiger charge is 2.20. The average molecular weight is 344 g/mol. The molecule has 1 aliphatic heterocycles. The van der Waals surface area contributed by atoms with Crippen molar-refractivity contribution in [1.82, 2.24) is 19.7 Å². The number of carbonyl (C=O) groups excluding carboxylic acids is 1. The third kappa shape index (κ3) is 4.52. The Bertz CT molecular complexity index is 749. The third-order valence-corrected chi connectivity index (χ3v) is 4.63. The maximum atomic E-state index is 13.4. The lowest BCUT2D eigenvalue weighted by molar-refractivity contribution is 0.0761. The second-order valence-corrected chi connectivity index (χ2v) is 6.85. The average Bonchev–Trinajstić information content (AvgIpc) is 2.84. The first-order valence-electron chi connectivity index (χ1n) is 8.74. The molecule has 6 heteroatoms.